The fraction of sp³-hybridized carbons (Fsp3) is 0.846. The van der Waals surface area contributed by atoms with Crippen LogP contribution in [0.4, 0.5) is 0 Å². The van der Waals surface area contributed by atoms with Crippen molar-refractivity contribution >= 4 is 36.0 Å². The SMILES string of the molecule is CCC(=O)N1CSCC1C(=O)NC1CCNC(C)C1.Cl. The van der Waals surface area contributed by atoms with Crippen molar-refractivity contribution in [2.24, 2.45) is 0 Å². The van der Waals surface area contributed by atoms with E-state index in [1.807, 2.05) is 6.92 Å². The van der Waals surface area contributed by atoms with Crippen LogP contribution in [0, 0.1) is 0 Å². The fourth-order valence-corrected chi connectivity index (χ4v) is 3.85. The molecule has 2 amide bonds. The molecule has 2 aliphatic rings. The average Bonchev–Trinajstić information content (AvgIpc) is 2.87. The fourth-order valence-electron chi connectivity index (χ4n) is 2.67. The lowest BCUT2D eigenvalue weighted by molar-refractivity contribution is -0.138. The number of carbonyl (C=O) groups is 2. The first-order valence-corrected chi connectivity index (χ1v) is 8.18. The third kappa shape index (κ3) is 4.27. The number of carbonyl (C=O) groups excluding carboxylic acids is 2. The van der Waals surface area contributed by atoms with E-state index in [1.54, 1.807) is 16.7 Å². The highest BCUT2D eigenvalue weighted by molar-refractivity contribution is 7.99. The van der Waals surface area contributed by atoms with E-state index in [9.17, 15) is 9.59 Å². The first kappa shape index (κ1) is 17.6. The zero-order valence-electron chi connectivity index (χ0n) is 12.1. The lowest BCUT2D eigenvalue weighted by Gasteiger charge is -2.31. The molecule has 0 aromatic heterocycles. The number of thioether (sulfide) groups is 1. The Balaban J connectivity index is 0.00000200. The molecule has 5 nitrogen and oxygen atoms in total. The predicted octanol–water partition coefficient (Wildman–Crippen LogP) is 0.976. The summed E-state index contributed by atoms with van der Waals surface area (Å²) in [5, 5.41) is 6.48. The van der Waals surface area contributed by atoms with Crippen molar-refractivity contribution in [1.29, 1.82) is 0 Å². The lowest BCUT2D eigenvalue weighted by Crippen LogP contribution is -2.53. The number of nitrogens with zero attached hydrogens (tertiary/aromatic N) is 1. The number of hydrogen-bond donors (Lipinski definition) is 2. The normalized spacial score (nSPS) is 29.7. The second kappa shape index (κ2) is 8.10. The summed E-state index contributed by atoms with van der Waals surface area (Å²) in [4.78, 5) is 25.8. The van der Waals surface area contributed by atoms with Crippen LogP contribution in [0.3, 0.4) is 0 Å². The number of piperidine rings is 1. The first-order chi connectivity index (χ1) is 9.11. The molecule has 2 heterocycles. The molecule has 3 atom stereocenters. The summed E-state index contributed by atoms with van der Waals surface area (Å²) in [5.74, 6) is 1.46. The van der Waals surface area contributed by atoms with E-state index in [0.29, 0.717) is 18.3 Å². The third-order valence-corrected chi connectivity index (χ3v) is 4.79. The van der Waals surface area contributed by atoms with Gasteiger partial charge in [0, 0.05) is 24.3 Å². The Bertz CT molecular complexity index is 357. The summed E-state index contributed by atoms with van der Waals surface area (Å²) in [5.41, 5.74) is 0. The molecule has 7 heteroatoms. The number of nitrogens with one attached hydrogen (secondary N) is 2. The van der Waals surface area contributed by atoms with Crippen molar-refractivity contribution in [3.05, 3.63) is 0 Å². The Labute approximate surface area is 131 Å². The van der Waals surface area contributed by atoms with Gasteiger partial charge < -0.3 is 15.5 Å². The molecule has 2 N–H and O–H groups in total. The van der Waals surface area contributed by atoms with Gasteiger partial charge in [0.2, 0.25) is 11.8 Å². The number of hydrogen-bond acceptors (Lipinski definition) is 4. The summed E-state index contributed by atoms with van der Waals surface area (Å²) < 4.78 is 0. The minimum Gasteiger partial charge on any atom is -0.351 e. The molecule has 2 rings (SSSR count). The Hall–Kier alpha value is -0.460. The highest BCUT2D eigenvalue weighted by Gasteiger charge is 2.35. The van der Waals surface area contributed by atoms with Crippen LogP contribution in [0.25, 0.3) is 0 Å². The molecular formula is C13H24ClN3O2S. The second-order valence-electron chi connectivity index (χ2n) is 5.32. The number of amides is 2. The summed E-state index contributed by atoms with van der Waals surface area (Å²) in [6, 6.07) is 0.418. The molecule has 0 saturated carbocycles. The van der Waals surface area contributed by atoms with Crippen LogP contribution in [0.2, 0.25) is 0 Å². The highest BCUT2D eigenvalue weighted by Crippen LogP contribution is 2.22. The van der Waals surface area contributed by atoms with Crippen molar-refractivity contribution in [2.45, 2.75) is 51.2 Å². The standard InChI is InChI=1S/C13H23N3O2S.ClH/c1-3-12(17)16-8-19-7-11(16)13(18)15-10-4-5-14-9(2)6-10;/h9-11,14H,3-8H2,1-2H3,(H,15,18);1H. The number of halogens is 1. The van der Waals surface area contributed by atoms with Gasteiger partial charge in [-0.25, -0.2) is 0 Å². The van der Waals surface area contributed by atoms with Gasteiger partial charge in [-0.1, -0.05) is 6.92 Å². The zero-order valence-corrected chi connectivity index (χ0v) is 13.7. The summed E-state index contributed by atoms with van der Waals surface area (Å²) in [6.45, 7) is 4.93. The Morgan fingerprint density at radius 1 is 1.45 bits per heavy atom. The average molecular weight is 322 g/mol. The first-order valence-electron chi connectivity index (χ1n) is 7.02. The van der Waals surface area contributed by atoms with Crippen LogP contribution in [0.5, 0.6) is 0 Å². The maximum Gasteiger partial charge on any atom is 0.243 e. The van der Waals surface area contributed by atoms with Crippen molar-refractivity contribution in [2.75, 3.05) is 18.2 Å². The molecule has 0 aromatic rings. The summed E-state index contributed by atoms with van der Waals surface area (Å²) in [7, 11) is 0. The molecule has 3 unspecified atom stereocenters. The van der Waals surface area contributed by atoms with Crippen molar-refractivity contribution in [3.8, 4) is 0 Å². The van der Waals surface area contributed by atoms with Gasteiger partial charge in [-0.15, -0.1) is 24.2 Å². The quantitative estimate of drug-likeness (QED) is 0.813. The topological polar surface area (TPSA) is 61.4 Å². The van der Waals surface area contributed by atoms with Crippen molar-refractivity contribution in [3.63, 3.8) is 0 Å². The summed E-state index contributed by atoms with van der Waals surface area (Å²) in [6.07, 6.45) is 2.40. The van der Waals surface area contributed by atoms with Crippen LogP contribution >= 0.6 is 24.2 Å². The van der Waals surface area contributed by atoms with Crippen LogP contribution in [0.1, 0.15) is 33.1 Å². The Morgan fingerprint density at radius 3 is 2.85 bits per heavy atom. The molecule has 2 saturated heterocycles. The van der Waals surface area contributed by atoms with Gasteiger partial charge in [0.15, 0.2) is 0 Å². The van der Waals surface area contributed by atoms with Crippen LogP contribution in [-0.4, -0.2) is 53.0 Å². The Kier molecular flexibility index (Phi) is 7.12. The van der Waals surface area contributed by atoms with Gasteiger partial charge >= 0.3 is 0 Å². The second-order valence-corrected chi connectivity index (χ2v) is 6.32. The molecule has 116 valence electrons. The van der Waals surface area contributed by atoms with Gasteiger partial charge in [-0.2, -0.15) is 0 Å². The molecule has 0 aromatic carbocycles. The maximum absolute atomic E-state index is 12.3. The molecule has 2 aliphatic heterocycles. The molecule has 0 aliphatic carbocycles. The van der Waals surface area contributed by atoms with Gasteiger partial charge in [0.05, 0.1) is 5.88 Å². The van der Waals surface area contributed by atoms with E-state index in [2.05, 4.69) is 17.6 Å². The van der Waals surface area contributed by atoms with Crippen LogP contribution in [0.15, 0.2) is 0 Å². The largest absolute Gasteiger partial charge is 0.351 e. The van der Waals surface area contributed by atoms with E-state index >= 15 is 0 Å². The third-order valence-electron chi connectivity index (χ3n) is 3.78. The minimum atomic E-state index is -0.275. The zero-order chi connectivity index (χ0) is 13.8. The smallest absolute Gasteiger partial charge is 0.243 e. The van der Waals surface area contributed by atoms with Crippen LogP contribution in [-0.2, 0) is 9.59 Å². The van der Waals surface area contributed by atoms with Gasteiger partial charge in [0.1, 0.15) is 6.04 Å². The van der Waals surface area contributed by atoms with Crippen molar-refractivity contribution < 1.29 is 9.59 Å². The van der Waals surface area contributed by atoms with Gasteiger partial charge in [-0.3, -0.25) is 9.59 Å². The number of rotatable bonds is 3. The van der Waals surface area contributed by atoms with E-state index in [1.165, 1.54) is 0 Å². The predicted molar refractivity (Wildman–Crippen MR) is 84.1 cm³/mol. The van der Waals surface area contributed by atoms with Gasteiger partial charge in [-0.05, 0) is 26.3 Å². The van der Waals surface area contributed by atoms with Crippen molar-refractivity contribution in [1.82, 2.24) is 15.5 Å². The molecule has 0 radical (unpaired) electrons. The molecule has 0 bridgehead atoms. The molecular weight excluding hydrogens is 298 g/mol. The monoisotopic (exact) mass is 321 g/mol. The van der Waals surface area contributed by atoms with E-state index < -0.39 is 0 Å². The molecule has 2 fully saturated rings. The molecule has 0 spiro atoms. The highest BCUT2D eigenvalue weighted by atomic mass is 35.5. The maximum atomic E-state index is 12.3. The lowest BCUT2D eigenvalue weighted by atomic mass is 10.0. The minimum absolute atomic E-state index is 0. The summed E-state index contributed by atoms with van der Waals surface area (Å²) >= 11 is 1.66. The Morgan fingerprint density at radius 2 is 2.20 bits per heavy atom. The molecule has 20 heavy (non-hydrogen) atoms. The van der Waals surface area contributed by atoms with E-state index in [-0.39, 0.29) is 36.3 Å². The van der Waals surface area contributed by atoms with E-state index in [4.69, 9.17) is 0 Å². The van der Waals surface area contributed by atoms with E-state index in [0.717, 1.165) is 25.1 Å². The van der Waals surface area contributed by atoms with Crippen LogP contribution < -0.4 is 10.6 Å². The van der Waals surface area contributed by atoms with Gasteiger partial charge in [0.25, 0.3) is 0 Å².